The van der Waals surface area contributed by atoms with Crippen LogP contribution in [0.4, 0.5) is 0 Å². The van der Waals surface area contributed by atoms with Crippen molar-refractivity contribution in [3.8, 4) is 28.7 Å². The number of ether oxygens (including phenoxy) is 5. The highest BCUT2D eigenvalue weighted by Gasteiger charge is 2.37. The van der Waals surface area contributed by atoms with Gasteiger partial charge in [-0.3, -0.25) is 9.69 Å². The summed E-state index contributed by atoms with van der Waals surface area (Å²) in [6.07, 6.45) is 2.30. The summed E-state index contributed by atoms with van der Waals surface area (Å²) in [7, 11) is 6.33. The predicted octanol–water partition coefficient (Wildman–Crippen LogP) is 5.33. The van der Waals surface area contributed by atoms with E-state index in [9.17, 15) is 9.90 Å². The first-order valence-electron chi connectivity index (χ1n) is 12.6. The van der Waals surface area contributed by atoms with Crippen molar-refractivity contribution >= 4 is 5.97 Å². The van der Waals surface area contributed by atoms with Gasteiger partial charge in [0.1, 0.15) is 12.6 Å². The molecule has 0 aliphatic carbocycles. The number of benzene rings is 3. The minimum Gasteiger partial charge on any atom is -0.493 e. The van der Waals surface area contributed by atoms with Crippen LogP contribution < -0.4 is 23.7 Å². The van der Waals surface area contributed by atoms with Crippen molar-refractivity contribution in [2.45, 2.75) is 38.0 Å². The molecule has 0 radical (unpaired) electrons. The number of nitrogens with zero attached hydrogens (tertiary/aromatic N) is 1. The maximum absolute atomic E-state index is 12.4. The fourth-order valence-corrected chi connectivity index (χ4v) is 5.14. The Morgan fingerprint density at radius 1 is 0.868 bits per heavy atom. The third-order valence-electron chi connectivity index (χ3n) is 6.91. The molecule has 4 rings (SSSR count). The number of methoxy groups -OCH3 is 4. The molecule has 8 heteroatoms. The summed E-state index contributed by atoms with van der Waals surface area (Å²) in [5.41, 5.74) is 2.60. The SMILES string of the molecule is COc1cc(C(c2cccc(OC)c2OC)N2CCCCC2C(=O)O)cc(OC)c1OCc1ccccc1. The van der Waals surface area contributed by atoms with Gasteiger partial charge in [0.25, 0.3) is 0 Å². The van der Waals surface area contributed by atoms with Crippen LogP contribution >= 0.6 is 0 Å². The van der Waals surface area contributed by atoms with E-state index in [4.69, 9.17) is 23.7 Å². The Morgan fingerprint density at radius 3 is 2.16 bits per heavy atom. The van der Waals surface area contributed by atoms with Gasteiger partial charge < -0.3 is 28.8 Å². The molecule has 3 aromatic rings. The molecule has 1 saturated heterocycles. The number of hydrogen-bond acceptors (Lipinski definition) is 7. The van der Waals surface area contributed by atoms with Crippen molar-refractivity contribution in [3.63, 3.8) is 0 Å². The largest absolute Gasteiger partial charge is 0.493 e. The number of aliphatic carboxylic acids is 1. The van der Waals surface area contributed by atoms with Crippen LogP contribution in [0.15, 0.2) is 60.7 Å². The van der Waals surface area contributed by atoms with Gasteiger partial charge in [-0.2, -0.15) is 0 Å². The van der Waals surface area contributed by atoms with Gasteiger partial charge in [0.05, 0.1) is 34.5 Å². The number of rotatable bonds is 11. The molecule has 1 aliphatic rings. The van der Waals surface area contributed by atoms with E-state index in [2.05, 4.69) is 0 Å². The molecule has 0 aromatic heterocycles. The standard InChI is InChI=1S/C30H35NO7/c1-34-24-15-10-13-22(28(24)37-4)27(31-16-9-8-14-23(31)30(32)33)21-17-25(35-2)29(26(18-21)36-3)38-19-20-11-6-5-7-12-20/h5-7,10-13,15,17-18,23,27H,8-9,14,16,19H2,1-4H3,(H,32,33). The third-order valence-corrected chi connectivity index (χ3v) is 6.91. The van der Waals surface area contributed by atoms with Gasteiger partial charge in [-0.05, 0) is 48.7 Å². The van der Waals surface area contributed by atoms with Crippen molar-refractivity contribution in [3.05, 3.63) is 77.4 Å². The predicted molar refractivity (Wildman–Crippen MR) is 144 cm³/mol. The number of carbonyl (C=O) groups is 1. The highest BCUT2D eigenvalue weighted by molar-refractivity contribution is 5.74. The molecule has 3 aromatic carbocycles. The maximum atomic E-state index is 12.4. The molecule has 0 saturated carbocycles. The Morgan fingerprint density at radius 2 is 1.55 bits per heavy atom. The molecular formula is C30H35NO7. The Bertz CT molecular complexity index is 1210. The van der Waals surface area contributed by atoms with Crippen molar-refractivity contribution in [1.29, 1.82) is 0 Å². The summed E-state index contributed by atoms with van der Waals surface area (Å²) in [5, 5.41) is 10.1. The number of para-hydroxylation sites is 1. The molecule has 202 valence electrons. The van der Waals surface area contributed by atoms with E-state index in [1.165, 1.54) is 0 Å². The average molecular weight is 522 g/mol. The second kappa shape index (κ2) is 12.6. The van der Waals surface area contributed by atoms with Crippen LogP contribution in [-0.4, -0.2) is 57.0 Å². The van der Waals surface area contributed by atoms with Crippen molar-refractivity contribution in [2.75, 3.05) is 35.0 Å². The number of carboxylic acid groups (broad SMARTS) is 1. The van der Waals surface area contributed by atoms with Crippen LogP contribution in [0, 0.1) is 0 Å². The minimum absolute atomic E-state index is 0.341. The fourth-order valence-electron chi connectivity index (χ4n) is 5.14. The van der Waals surface area contributed by atoms with E-state index in [1.807, 2.05) is 65.6 Å². The zero-order chi connectivity index (χ0) is 27.1. The lowest BCUT2D eigenvalue weighted by Gasteiger charge is -2.40. The van der Waals surface area contributed by atoms with Crippen LogP contribution in [0.3, 0.4) is 0 Å². The zero-order valence-electron chi connectivity index (χ0n) is 22.3. The molecule has 38 heavy (non-hydrogen) atoms. The number of likely N-dealkylation sites (tertiary alicyclic amines) is 1. The minimum atomic E-state index is -0.849. The Balaban J connectivity index is 1.85. The molecule has 1 N–H and O–H groups in total. The Kier molecular flexibility index (Phi) is 8.97. The Hall–Kier alpha value is -3.91. The van der Waals surface area contributed by atoms with Gasteiger partial charge in [0, 0.05) is 5.56 Å². The summed E-state index contributed by atoms with van der Waals surface area (Å²) >= 11 is 0. The van der Waals surface area contributed by atoms with Gasteiger partial charge in [0.15, 0.2) is 23.0 Å². The molecule has 1 aliphatic heterocycles. The van der Waals surface area contributed by atoms with Gasteiger partial charge in [-0.1, -0.05) is 48.9 Å². The van der Waals surface area contributed by atoms with Crippen LogP contribution in [-0.2, 0) is 11.4 Å². The first kappa shape index (κ1) is 27.1. The lowest BCUT2D eigenvalue weighted by atomic mass is 9.90. The van der Waals surface area contributed by atoms with E-state index < -0.39 is 18.1 Å². The molecule has 2 unspecified atom stereocenters. The summed E-state index contributed by atoms with van der Waals surface area (Å²) in [5.74, 6) is 1.74. The monoisotopic (exact) mass is 521 g/mol. The van der Waals surface area contributed by atoms with Gasteiger partial charge in [-0.15, -0.1) is 0 Å². The van der Waals surface area contributed by atoms with Crippen molar-refractivity contribution in [2.24, 2.45) is 0 Å². The van der Waals surface area contributed by atoms with Crippen LogP contribution in [0.1, 0.15) is 42.0 Å². The first-order chi connectivity index (χ1) is 18.5. The van der Waals surface area contributed by atoms with E-state index in [0.29, 0.717) is 48.3 Å². The molecule has 0 bridgehead atoms. The van der Waals surface area contributed by atoms with Crippen LogP contribution in [0.5, 0.6) is 28.7 Å². The van der Waals surface area contributed by atoms with E-state index in [-0.39, 0.29) is 0 Å². The molecule has 1 heterocycles. The Labute approximate surface area is 223 Å². The van der Waals surface area contributed by atoms with Crippen molar-refractivity contribution in [1.82, 2.24) is 4.90 Å². The highest BCUT2D eigenvalue weighted by atomic mass is 16.5. The quantitative estimate of drug-likeness (QED) is 0.362. The summed E-state index contributed by atoms with van der Waals surface area (Å²) in [6, 6.07) is 18.2. The van der Waals surface area contributed by atoms with E-state index in [1.54, 1.807) is 28.4 Å². The molecule has 0 amide bonds. The number of hydrogen-bond donors (Lipinski definition) is 1. The molecule has 2 atom stereocenters. The number of carboxylic acids is 1. The second-order valence-corrected chi connectivity index (χ2v) is 9.10. The lowest BCUT2D eigenvalue weighted by molar-refractivity contribution is -0.145. The fraction of sp³-hybridized carbons (Fsp3) is 0.367. The van der Waals surface area contributed by atoms with Gasteiger partial charge in [-0.25, -0.2) is 0 Å². The smallest absolute Gasteiger partial charge is 0.320 e. The molecular weight excluding hydrogens is 486 g/mol. The van der Waals surface area contributed by atoms with Crippen LogP contribution in [0.2, 0.25) is 0 Å². The highest BCUT2D eigenvalue weighted by Crippen LogP contribution is 2.47. The molecule has 0 spiro atoms. The lowest BCUT2D eigenvalue weighted by Crippen LogP contribution is -2.47. The first-order valence-corrected chi connectivity index (χ1v) is 12.6. The topological polar surface area (TPSA) is 86.7 Å². The number of piperidine rings is 1. The second-order valence-electron chi connectivity index (χ2n) is 9.10. The van der Waals surface area contributed by atoms with E-state index >= 15 is 0 Å². The third kappa shape index (κ3) is 5.65. The summed E-state index contributed by atoms with van der Waals surface area (Å²) in [4.78, 5) is 14.4. The zero-order valence-corrected chi connectivity index (χ0v) is 22.3. The summed E-state index contributed by atoms with van der Waals surface area (Å²) in [6.45, 7) is 0.951. The van der Waals surface area contributed by atoms with Gasteiger partial charge >= 0.3 is 5.97 Å². The maximum Gasteiger partial charge on any atom is 0.320 e. The average Bonchev–Trinajstić information content (AvgIpc) is 2.96. The molecule has 1 fully saturated rings. The van der Waals surface area contributed by atoms with Crippen molar-refractivity contribution < 1.29 is 33.6 Å². The molecule has 8 nitrogen and oxygen atoms in total. The van der Waals surface area contributed by atoms with Crippen LogP contribution in [0.25, 0.3) is 0 Å². The van der Waals surface area contributed by atoms with E-state index in [0.717, 1.165) is 29.5 Å². The normalized spacial score (nSPS) is 16.4. The van der Waals surface area contributed by atoms with Gasteiger partial charge in [0.2, 0.25) is 5.75 Å². The summed E-state index contributed by atoms with van der Waals surface area (Å²) < 4.78 is 29.1.